The molecule has 1 N–H and O–H groups in total. The van der Waals surface area contributed by atoms with Crippen molar-refractivity contribution >= 4 is 11.6 Å². The van der Waals surface area contributed by atoms with Crippen LogP contribution in [-0.2, 0) is 6.54 Å². The minimum Gasteiger partial charge on any atom is -0.474 e. The molecule has 0 atom stereocenters. The number of carbonyl (C=O) groups is 1. The maximum absolute atomic E-state index is 12.4. The van der Waals surface area contributed by atoms with Crippen LogP contribution in [0.2, 0.25) is 0 Å². The lowest BCUT2D eigenvalue weighted by molar-refractivity contribution is 0.0945. The summed E-state index contributed by atoms with van der Waals surface area (Å²) < 4.78 is 7.89. The number of carbonyl (C=O) groups excluding carboxylic acids is 1. The summed E-state index contributed by atoms with van der Waals surface area (Å²) in [5, 5.41) is 2.88. The molecule has 6 heteroatoms. The first-order valence-electron chi connectivity index (χ1n) is 9.12. The van der Waals surface area contributed by atoms with Gasteiger partial charge in [0.2, 0.25) is 5.88 Å². The summed E-state index contributed by atoms with van der Waals surface area (Å²) in [5.74, 6) is 0.529. The zero-order valence-electron chi connectivity index (χ0n) is 16.0. The number of hydrogen-bond acceptors (Lipinski definition) is 4. The molecular formula is C20H26N4O2. The largest absolute Gasteiger partial charge is 0.474 e. The number of rotatable bonds is 6. The zero-order chi connectivity index (χ0) is 18.8. The van der Waals surface area contributed by atoms with E-state index < -0.39 is 0 Å². The molecule has 3 heterocycles. The van der Waals surface area contributed by atoms with Crippen molar-refractivity contribution in [3.63, 3.8) is 0 Å². The van der Waals surface area contributed by atoms with Crippen molar-refractivity contribution in [2.75, 3.05) is 6.54 Å². The Bertz CT molecular complexity index is 849. The average Bonchev–Trinajstić information content (AvgIpc) is 3.19. The van der Waals surface area contributed by atoms with Gasteiger partial charge in [0.05, 0.1) is 23.9 Å². The Hall–Kier alpha value is -2.63. The molecule has 0 aromatic carbocycles. The van der Waals surface area contributed by atoms with Crippen molar-refractivity contribution in [2.45, 2.75) is 53.3 Å². The highest BCUT2D eigenvalue weighted by Crippen LogP contribution is 2.31. The Balaban J connectivity index is 2.05. The Kier molecular flexibility index (Phi) is 5.11. The average molecular weight is 354 g/mol. The van der Waals surface area contributed by atoms with Crippen LogP contribution in [0.3, 0.4) is 0 Å². The number of nitrogens with zero attached hydrogens (tertiary/aromatic N) is 3. The number of amides is 1. The number of aromatic nitrogens is 2. The van der Waals surface area contributed by atoms with Crippen LogP contribution in [0.25, 0.3) is 0 Å². The molecule has 1 aliphatic heterocycles. The molecule has 0 saturated carbocycles. The van der Waals surface area contributed by atoms with Crippen molar-refractivity contribution < 1.29 is 9.53 Å². The highest BCUT2D eigenvalue weighted by Gasteiger charge is 2.26. The van der Waals surface area contributed by atoms with E-state index >= 15 is 0 Å². The lowest BCUT2D eigenvalue weighted by Crippen LogP contribution is -2.25. The van der Waals surface area contributed by atoms with Gasteiger partial charge in [-0.1, -0.05) is 0 Å². The van der Waals surface area contributed by atoms with E-state index in [0.29, 0.717) is 24.7 Å². The minimum absolute atomic E-state index is 0.0296. The number of nitrogens with one attached hydrogen (secondary N) is 1. The van der Waals surface area contributed by atoms with Crippen molar-refractivity contribution in [1.29, 1.82) is 0 Å². The molecule has 1 aliphatic rings. The third-order valence-corrected chi connectivity index (χ3v) is 4.24. The first kappa shape index (κ1) is 18.2. The summed E-state index contributed by atoms with van der Waals surface area (Å²) >= 11 is 0. The highest BCUT2D eigenvalue weighted by molar-refractivity contribution is 6.17. The summed E-state index contributed by atoms with van der Waals surface area (Å²) in [6.45, 7) is 11.2. The summed E-state index contributed by atoms with van der Waals surface area (Å²) in [7, 11) is 0. The molecule has 0 unspecified atom stereocenters. The number of ether oxygens (including phenoxy) is 1. The lowest BCUT2D eigenvalue weighted by Gasteiger charge is -2.13. The van der Waals surface area contributed by atoms with E-state index in [1.54, 1.807) is 6.20 Å². The van der Waals surface area contributed by atoms with Gasteiger partial charge in [0.15, 0.2) is 0 Å². The normalized spacial score (nSPS) is 13.1. The minimum atomic E-state index is -0.0730. The molecule has 3 rings (SSSR count). The topological polar surface area (TPSA) is 68.5 Å². The van der Waals surface area contributed by atoms with Crippen LogP contribution in [0.1, 0.15) is 67.8 Å². The third kappa shape index (κ3) is 3.36. The van der Waals surface area contributed by atoms with Gasteiger partial charge in [-0.2, -0.15) is 0 Å². The molecule has 0 spiro atoms. The molecule has 138 valence electrons. The Labute approximate surface area is 154 Å². The van der Waals surface area contributed by atoms with Crippen LogP contribution in [0, 0.1) is 0 Å². The monoisotopic (exact) mass is 354 g/mol. The first-order chi connectivity index (χ1) is 12.4. The fraction of sp³-hybridized carbons (Fsp3) is 0.450. The van der Waals surface area contributed by atoms with Gasteiger partial charge in [-0.3, -0.25) is 9.79 Å². The zero-order valence-corrected chi connectivity index (χ0v) is 16.0. The van der Waals surface area contributed by atoms with Gasteiger partial charge in [0.25, 0.3) is 5.91 Å². The van der Waals surface area contributed by atoms with Crippen LogP contribution in [-0.4, -0.2) is 33.8 Å². The van der Waals surface area contributed by atoms with Crippen molar-refractivity contribution in [3.05, 3.63) is 46.9 Å². The predicted octanol–water partition coefficient (Wildman–Crippen LogP) is 3.35. The Morgan fingerprint density at radius 2 is 2.12 bits per heavy atom. The van der Waals surface area contributed by atoms with E-state index in [1.807, 2.05) is 43.7 Å². The van der Waals surface area contributed by atoms with Crippen LogP contribution >= 0.6 is 0 Å². The van der Waals surface area contributed by atoms with Crippen molar-refractivity contribution in [2.24, 2.45) is 4.99 Å². The molecule has 1 amide bonds. The molecule has 0 saturated heterocycles. The van der Waals surface area contributed by atoms with E-state index in [4.69, 9.17) is 9.73 Å². The third-order valence-electron chi connectivity index (χ3n) is 4.24. The fourth-order valence-electron chi connectivity index (χ4n) is 3.13. The second-order valence-electron chi connectivity index (χ2n) is 6.96. The first-order valence-corrected chi connectivity index (χ1v) is 9.12. The molecule has 2 aromatic rings. The second kappa shape index (κ2) is 7.32. The molecule has 0 fully saturated rings. The Morgan fingerprint density at radius 1 is 1.35 bits per heavy atom. The van der Waals surface area contributed by atoms with Gasteiger partial charge in [-0.05, 0) is 52.3 Å². The van der Waals surface area contributed by atoms with Crippen LogP contribution in [0.5, 0.6) is 5.88 Å². The SMILES string of the molecule is CCNC(=O)c1cc(C2=NCc3ccnc(OC(C)C)c32)cn1C(C)C. The molecule has 26 heavy (non-hydrogen) atoms. The smallest absolute Gasteiger partial charge is 0.267 e. The van der Waals surface area contributed by atoms with Crippen LogP contribution in [0.15, 0.2) is 29.5 Å². The van der Waals surface area contributed by atoms with Gasteiger partial charge in [0, 0.05) is 30.5 Å². The van der Waals surface area contributed by atoms with Gasteiger partial charge in [-0.25, -0.2) is 4.98 Å². The fourth-order valence-corrected chi connectivity index (χ4v) is 3.13. The summed E-state index contributed by atoms with van der Waals surface area (Å²) in [5.41, 5.74) is 4.43. The predicted molar refractivity (Wildman–Crippen MR) is 102 cm³/mol. The van der Waals surface area contributed by atoms with Crippen LogP contribution < -0.4 is 10.1 Å². The van der Waals surface area contributed by atoms with E-state index in [9.17, 15) is 4.79 Å². The van der Waals surface area contributed by atoms with Crippen LogP contribution in [0.4, 0.5) is 0 Å². The van der Waals surface area contributed by atoms with Gasteiger partial charge in [-0.15, -0.1) is 0 Å². The Morgan fingerprint density at radius 3 is 2.77 bits per heavy atom. The maximum Gasteiger partial charge on any atom is 0.267 e. The lowest BCUT2D eigenvalue weighted by atomic mass is 10.0. The van der Waals surface area contributed by atoms with E-state index in [-0.39, 0.29) is 18.1 Å². The van der Waals surface area contributed by atoms with E-state index in [0.717, 1.165) is 22.4 Å². The summed E-state index contributed by atoms with van der Waals surface area (Å²) in [6.07, 6.45) is 3.78. The number of aliphatic imine (C=N–C) groups is 1. The summed E-state index contributed by atoms with van der Waals surface area (Å²) in [4.78, 5) is 21.6. The van der Waals surface area contributed by atoms with Crippen molar-refractivity contribution in [1.82, 2.24) is 14.9 Å². The number of hydrogen-bond donors (Lipinski definition) is 1. The molecule has 6 nitrogen and oxygen atoms in total. The highest BCUT2D eigenvalue weighted by atomic mass is 16.5. The molecule has 0 aliphatic carbocycles. The van der Waals surface area contributed by atoms with Gasteiger partial charge in [0.1, 0.15) is 5.69 Å². The molecule has 2 aromatic heterocycles. The standard InChI is InChI=1S/C20H26N4O2/c1-6-21-19(25)16-9-15(11-24(16)12(2)3)18-17-14(10-23-18)7-8-22-20(17)26-13(4)5/h7-9,11-13H,6,10H2,1-5H3,(H,21,25). The maximum atomic E-state index is 12.4. The molecule has 0 bridgehead atoms. The number of fused-ring (bicyclic) bond motifs is 1. The summed E-state index contributed by atoms with van der Waals surface area (Å²) in [6, 6.07) is 4.05. The quantitative estimate of drug-likeness (QED) is 0.865. The molecular weight excluding hydrogens is 328 g/mol. The van der Waals surface area contributed by atoms with Gasteiger partial charge >= 0.3 is 0 Å². The van der Waals surface area contributed by atoms with Gasteiger partial charge < -0.3 is 14.6 Å². The van der Waals surface area contributed by atoms with Crippen molar-refractivity contribution in [3.8, 4) is 5.88 Å². The second-order valence-corrected chi connectivity index (χ2v) is 6.96. The van der Waals surface area contributed by atoms with E-state index in [2.05, 4.69) is 24.1 Å². The number of pyridine rings is 1. The van der Waals surface area contributed by atoms with E-state index in [1.165, 1.54) is 0 Å². The molecule has 0 radical (unpaired) electrons.